The summed E-state index contributed by atoms with van der Waals surface area (Å²) in [6, 6.07) is 4.90. The Hall–Kier alpha value is -1.63. The summed E-state index contributed by atoms with van der Waals surface area (Å²) in [5.74, 6) is -0.987. The molecule has 0 amide bonds. The van der Waals surface area contributed by atoms with Gasteiger partial charge < -0.3 is 9.47 Å². The molecule has 3 N–H and O–H groups in total. The monoisotopic (exact) mass is 331 g/mol. The van der Waals surface area contributed by atoms with E-state index in [0.717, 1.165) is 38.5 Å². The van der Waals surface area contributed by atoms with Crippen LogP contribution in [-0.2, 0) is 9.47 Å². The first kappa shape index (κ1) is 17.2. The zero-order valence-electron chi connectivity index (χ0n) is 14.7. The first-order chi connectivity index (χ1) is 11.6. The maximum absolute atomic E-state index is 10.3. The van der Waals surface area contributed by atoms with Crippen molar-refractivity contribution in [2.75, 3.05) is 13.2 Å². The minimum Gasteiger partial charge on any atom is -0.314 e. The van der Waals surface area contributed by atoms with Crippen molar-refractivity contribution in [3.63, 3.8) is 0 Å². The molecule has 1 heterocycles. The molecule has 3 rings (SSSR count). The SMILES string of the molecule is CCOC1(OCC)[NH+]=C(N)[C@@]2(C#N)C3(CCCCCCC3)[C@@]12C#N. The van der Waals surface area contributed by atoms with Crippen LogP contribution in [0.5, 0.6) is 0 Å². The Morgan fingerprint density at radius 3 is 2.00 bits per heavy atom. The minimum absolute atomic E-state index is 0.342. The van der Waals surface area contributed by atoms with Crippen molar-refractivity contribution in [3.05, 3.63) is 0 Å². The van der Waals surface area contributed by atoms with Crippen LogP contribution in [0.25, 0.3) is 0 Å². The van der Waals surface area contributed by atoms with Crippen molar-refractivity contribution in [2.45, 2.75) is 64.7 Å². The zero-order chi connectivity index (χ0) is 17.5. The van der Waals surface area contributed by atoms with Gasteiger partial charge in [-0.05, 0) is 26.7 Å². The number of nitrogens with one attached hydrogen (secondary N) is 1. The molecular formula is C18H27N4O2+. The highest BCUT2D eigenvalue weighted by Gasteiger charge is 3.03. The molecule has 24 heavy (non-hydrogen) atoms. The molecule has 1 aliphatic heterocycles. The quantitative estimate of drug-likeness (QED) is 0.745. The van der Waals surface area contributed by atoms with Crippen molar-refractivity contribution < 1.29 is 14.5 Å². The number of nitrogens with zero attached hydrogens (tertiary/aromatic N) is 2. The Bertz CT molecular complexity index is 618. The van der Waals surface area contributed by atoms with E-state index in [0.29, 0.717) is 19.0 Å². The molecule has 6 nitrogen and oxygen atoms in total. The van der Waals surface area contributed by atoms with Crippen LogP contribution >= 0.6 is 0 Å². The van der Waals surface area contributed by atoms with Gasteiger partial charge in [0, 0.05) is 5.41 Å². The summed E-state index contributed by atoms with van der Waals surface area (Å²) in [6.07, 6.45) is 7.14. The molecule has 1 spiro atoms. The number of ether oxygens (including phenoxy) is 2. The standard InChI is InChI=1S/C18H26N4O2/c1-3-23-18(24-4-2)17(13-20)15(10-8-6-5-7-9-11-15)16(17,12-19)14(21)22-18/h3-11H2,1-2H3,(H2,21,22)/p+1/t16-,17+/m0/s1. The lowest BCUT2D eigenvalue weighted by molar-refractivity contribution is -0.695. The maximum atomic E-state index is 10.3. The molecule has 0 bridgehead atoms. The van der Waals surface area contributed by atoms with Crippen LogP contribution in [0.4, 0.5) is 0 Å². The fourth-order valence-electron chi connectivity index (χ4n) is 5.59. The Morgan fingerprint density at radius 2 is 1.54 bits per heavy atom. The number of nitrogens with two attached hydrogens (primary N) is 1. The molecule has 130 valence electrons. The summed E-state index contributed by atoms with van der Waals surface area (Å²) in [5, 5.41) is 20.4. The molecule has 3 aliphatic rings. The highest BCUT2D eigenvalue weighted by molar-refractivity contribution is 5.95. The normalized spacial score (nSPS) is 35.9. The number of fused-ring (bicyclic) bond motifs is 3. The van der Waals surface area contributed by atoms with Crippen molar-refractivity contribution >= 4 is 5.84 Å². The third-order valence-electron chi connectivity index (χ3n) is 6.37. The number of nitriles is 2. The molecule has 0 saturated heterocycles. The van der Waals surface area contributed by atoms with Gasteiger partial charge in [-0.3, -0.25) is 5.73 Å². The van der Waals surface area contributed by atoms with Crippen LogP contribution in [0.15, 0.2) is 0 Å². The van der Waals surface area contributed by atoms with Gasteiger partial charge >= 0.3 is 5.91 Å². The third kappa shape index (κ3) is 1.59. The second-order valence-corrected chi connectivity index (χ2v) is 7.09. The lowest BCUT2D eigenvalue weighted by Gasteiger charge is -2.33. The van der Waals surface area contributed by atoms with Gasteiger partial charge in [0.1, 0.15) is 0 Å². The topological polar surface area (TPSA) is 106 Å². The molecule has 2 fully saturated rings. The Kier molecular flexibility index (Phi) is 4.10. The van der Waals surface area contributed by atoms with Gasteiger partial charge in [-0.2, -0.15) is 10.5 Å². The molecule has 6 heteroatoms. The summed E-state index contributed by atoms with van der Waals surface area (Å²) >= 11 is 0. The van der Waals surface area contributed by atoms with E-state index in [9.17, 15) is 10.5 Å². The zero-order valence-corrected chi connectivity index (χ0v) is 14.7. The predicted molar refractivity (Wildman–Crippen MR) is 87.0 cm³/mol. The van der Waals surface area contributed by atoms with Crippen molar-refractivity contribution in [1.82, 2.24) is 0 Å². The minimum atomic E-state index is -1.33. The van der Waals surface area contributed by atoms with Crippen molar-refractivity contribution in [1.29, 1.82) is 10.5 Å². The summed E-state index contributed by atoms with van der Waals surface area (Å²) in [7, 11) is 0. The fourth-order valence-corrected chi connectivity index (χ4v) is 5.59. The van der Waals surface area contributed by atoms with E-state index in [-0.39, 0.29) is 0 Å². The van der Waals surface area contributed by atoms with Gasteiger partial charge in [-0.1, -0.05) is 32.1 Å². The van der Waals surface area contributed by atoms with E-state index >= 15 is 0 Å². The Morgan fingerprint density at radius 1 is 1.00 bits per heavy atom. The third-order valence-corrected chi connectivity index (χ3v) is 6.37. The molecule has 2 saturated carbocycles. The van der Waals surface area contributed by atoms with Crippen molar-refractivity contribution in [3.8, 4) is 12.1 Å². The second-order valence-electron chi connectivity index (χ2n) is 7.09. The molecule has 2 aliphatic carbocycles. The molecule has 0 aromatic rings. The lowest BCUT2D eigenvalue weighted by Crippen LogP contribution is -2.91. The number of rotatable bonds is 4. The van der Waals surface area contributed by atoms with Crippen LogP contribution in [0.3, 0.4) is 0 Å². The van der Waals surface area contributed by atoms with Gasteiger partial charge in [-0.15, -0.1) is 0 Å². The Balaban J connectivity index is 2.18. The lowest BCUT2D eigenvalue weighted by atomic mass is 9.78. The average Bonchev–Trinajstić information content (AvgIpc) is 3.01. The number of hydrogen-bond donors (Lipinski definition) is 2. The van der Waals surface area contributed by atoms with E-state index in [1.54, 1.807) is 0 Å². The highest BCUT2D eigenvalue weighted by atomic mass is 16.7. The molecule has 0 radical (unpaired) electrons. The van der Waals surface area contributed by atoms with Crippen LogP contribution in [0.1, 0.15) is 58.8 Å². The largest absolute Gasteiger partial charge is 0.343 e. The van der Waals surface area contributed by atoms with Crippen molar-refractivity contribution in [2.24, 2.45) is 22.0 Å². The second kappa shape index (κ2) is 5.72. The number of hydrogen-bond acceptors (Lipinski definition) is 5. The summed E-state index contributed by atoms with van der Waals surface area (Å²) in [5.41, 5.74) is 3.73. The van der Waals surface area contributed by atoms with Gasteiger partial charge in [0.2, 0.25) is 0 Å². The Labute approximate surface area is 143 Å². The first-order valence-corrected chi connectivity index (χ1v) is 9.09. The van der Waals surface area contributed by atoms with E-state index in [4.69, 9.17) is 15.2 Å². The van der Waals surface area contributed by atoms with Crippen LogP contribution in [-0.4, -0.2) is 25.0 Å². The van der Waals surface area contributed by atoms with Gasteiger partial charge in [-0.25, -0.2) is 4.99 Å². The summed E-state index contributed by atoms with van der Waals surface area (Å²) in [4.78, 5) is 3.06. The van der Waals surface area contributed by atoms with Gasteiger partial charge in [0.05, 0.1) is 25.4 Å². The smallest absolute Gasteiger partial charge is 0.314 e. The van der Waals surface area contributed by atoms with Gasteiger partial charge in [0.25, 0.3) is 5.84 Å². The van der Waals surface area contributed by atoms with Gasteiger partial charge in [0.15, 0.2) is 10.8 Å². The van der Waals surface area contributed by atoms with Crippen LogP contribution < -0.4 is 10.7 Å². The predicted octanol–water partition coefficient (Wildman–Crippen LogP) is 0.929. The molecule has 2 atom stereocenters. The average molecular weight is 331 g/mol. The first-order valence-electron chi connectivity index (χ1n) is 9.09. The molecule has 0 aromatic carbocycles. The van der Waals surface area contributed by atoms with E-state index in [1.807, 2.05) is 13.8 Å². The molecule has 0 unspecified atom stereocenters. The number of amidine groups is 1. The fraction of sp³-hybridized carbons (Fsp3) is 0.833. The van der Waals surface area contributed by atoms with Crippen LogP contribution in [0, 0.1) is 38.9 Å². The molecule has 0 aromatic heterocycles. The van der Waals surface area contributed by atoms with E-state index in [2.05, 4.69) is 17.1 Å². The van der Waals surface area contributed by atoms with E-state index < -0.39 is 22.2 Å². The van der Waals surface area contributed by atoms with E-state index in [1.165, 1.54) is 6.42 Å². The summed E-state index contributed by atoms with van der Waals surface area (Å²) < 4.78 is 11.9. The molecular weight excluding hydrogens is 304 g/mol. The maximum Gasteiger partial charge on any atom is 0.343 e. The highest BCUT2D eigenvalue weighted by Crippen LogP contribution is 2.85. The summed E-state index contributed by atoms with van der Waals surface area (Å²) in [6.45, 7) is 4.48. The van der Waals surface area contributed by atoms with Crippen LogP contribution in [0.2, 0.25) is 0 Å².